The molecule has 0 saturated carbocycles. The second-order valence-electron chi connectivity index (χ2n) is 6.07. The van der Waals surface area contributed by atoms with Crippen molar-refractivity contribution in [2.24, 2.45) is 0 Å². The van der Waals surface area contributed by atoms with E-state index in [2.05, 4.69) is 15.6 Å². The molecule has 0 atom stereocenters. The Morgan fingerprint density at radius 3 is 2.31 bits per heavy atom. The third-order valence-corrected chi connectivity index (χ3v) is 4.10. The zero-order valence-corrected chi connectivity index (χ0v) is 16.6. The van der Waals surface area contributed by atoms with Crippen LogP contribution in [-0.2, 0) is 0 Å². The van der Waals surface area contributed by atoms with Crippen molar-refractivity contribution in [1.82, 2.24) is 4.98 Å². The number of methoxy groups -OCH3 is 2. The molecule has 0 spiro atoms. The number of hydrogen-bond acceptors (Lipinski definition) is 6. The van der Waals surface area contributed by atoms with E-state index >= 15 is 0 Å². The van der Waals surface area contributed by atoms with Crippen LogP contribution >= 0.6 is 0 Å². The number of hydrogen-bond donors (Lipinski definition) is 2. The highest BCUT2D eigenvalue weighted by Crippen LogP contribution is 2.30. The van der Waals surface area contributed by atoms with E-state index in [9.17, 15) is 4.79 Å². The van der Waals surface area contributed by atoms with Gasteiger partial charge in [-0.1, -0.05) is 0 Å². The highest BCUT2D eigenvalue weighted by atomic mass is 16.5. The number of carbonyl (C=O) groups excluding carboxylic acids is 1. The predicted molar refractivity (Wildman–Crippen MR) is 113 cm³/mol. The fourth-order valence-electron chi connectivity index (χ4n) is 2.72. The van der Waals surface area contributed by atoms with E-state index < -0.39 is 0 Å². The van der Waals surface area contributed by atoms with Gasteiger partial charge in [0.15, 0.2) is 11.5 Å². The number of nitrogens with one attached hydrogen (secondary N) is 2. The van der Waals surface area contributed by atoms with Crippen molar-refractivity contribution in [2.75, 3.05) is 31.5 Å². The molecular formula is C22H23N3O4. The SMILES string of the molecule is CCOc1ccc(Nc2cncc(C(=O)Nc3ccc(OC)c(OC)c3)c2)cc1. The van der Waals surface area contributed by atoms with E-state index in [0.29, 0.717) is 35.0 Å². The number of pyridine rings is 1. The molecule has 1 amide bonds. The number of aromatic nitrogens is 1. The standard InChI is InChI=1S/C22H23N3O4/c1-4-29-19-8-5-16(6-9-19)24-18-11-15(13-23-14-18)22(26)25-17-7-10-20(27-2)21(12-17)28-3/h5-14,24H,4H2,1-3H3,(H,25,26). The van der Waals surface area contributed by atoms with Gasteiger partial charge in [0.2, 0.25) is 0 Å². The number of anilines is 3. The van der Waals surface area contributed by atoms with Gasteiger partial charge in [-0.3, -0.25) is 9.78 Å². The van der Waals surface area contributed by atoms with Gasteiger partial charge in [0.05, 0.1) is 38.3 Å². The molecule has 0 radical (unpaired) electrons. The molecule has 0 bridgehead atoms. The summed E-state index contributed by atoms with van der Waals surface area (Å²) >= 11 is 0. The van der Waals surface area contributed by atoms with Crippen molar-refractivity contribution in [1.29, 1.82) is 0 Å². The molecule has 2 N–H and O–H groups in total. The Kier molecular flexibility index (Phi) is 6.52. The maximum atomic E-state index is 12.6. The average Bonchev–Trinajstić information content (AvgIpc) is 2.75. The van der Waals surface area contributed by atoms with E-state index in [1.54, 1.807) is 44.7 Å². The molecule has 0 fully saturated rings. The van der Waals surface area contributed by atoms with Crippen molar-refractivity contribution in [3.05, 3.63) is 66.5 Å². The van der Waals surface area contributed by atoms with Crippen LogP contribution in [0.15, 0.2) is 60.9 Å². The maximum absolute atomic E-state index is 12.6. The highest BCUT2D eigenvalue weighted by molar-refractivity contribution is 6.04. The molecule has 3 rings (SSSR count). The molecule has 150 valence electrons. The quantitative estimate of drug-likeness (QED) is 0.587. The van der Waals surface area contributed by atoms with Crippen molar-refractivity contribution >= 4 is 23.0 Å². The monoisotopic (exact) mass is 393 g/mol. The van der Waals surface area contributed by atoms with E-state index in [0.717, 1.165) is 11.4 Å². The molecule has 29 heavy (non-hydrogen) atoms. The summed E-state index contributed by atoms with van der Waals surface area (Å²) in [6.07, 6.45) is 3.17. The van der Waals surface area contributed by atoms with Gasteiger partial charge in [-0.2, -0.15) is 0 Å². The molecule has 0 unspecified atom stereocenters. The highest BCUT2D eigenvalue weighted by Gasteiger charge is 2.10. The lowest BCUT2D eigenvalue weighted by molar-refractivity contribution is 0.102. The molecule has 0 aliphatic carbocycles. The summed E-state index contributed by atoms with van der Waals surface area (Å²) in [6, 6.07) is 14.5. The van der Waals surface area contributed by atoms with E-state index in [1.165, 1.54) is 6.20 Å². The Labute approximate surface area is 169 Å². The summed E-state index contributed by atoms with van der Waals surface area (Å²) < 4.78 is 15.9. The van der Waals surface area contributed by atoms with Crippen LogP contribution in [0.3, 0.4) is 0 Å². The van der Waals surface area contributed by atoms with E-state index in [-0.39, 0.29) is 5.91 Å². The normalized spacial score (nSPS) is 10.2. The molecule has 0 aliphatic rings. The summed E-state index contributed by atoms with van der Waals surface area (Å²) in [7, 11) is 3.11. The summed E-state index contributed by atoms with van der Waals surface area (Å²) in [5.41, 5.74) is 2.59. The first kappa shape index (κ1) is 20.0. The van der Waals surface area contributed by atoms with Crippen LogP contribution in [0.4, 0.5) is 17.1 Å². The number of rotatable bonds is 8. The lowest BCUT2D eigenvalue weighted by Gasteiger charge is -2.11. The summed E-state index contributed by atoms with van der Waals surface area (Å²) in [5, 5.41) is 6.07. The Bertz CT molecular complexity index is 974. The lowest BCUT2D eigenvalue weighted by Crippen LogP contribution is -2.12. The van der Waals surface area contributed by atoms with Gasteiger partial charge in [-0.05, 0) is 49.4 Å². The Balaban J connectivity index is 1.70. The number of amides is 1. The number of benzene rings is 2. The zero-order chi connectivity index (χ0) is 20.6. The smallest absolute Gasteiger partial charge is 0.257 e. The van der Waals surface area contributed by atoms with Crippen LogP contribution in [-0.4, -0.2) is 31.7 Å². The van der Waals surface area contributed by atoms with Gasteiger partial charge < -0.3 is 24.8 Å². The first-order valence-corrected chi connectivity index (χ1v) is 9.11. The fraction of sp³-hybridized carbons (Fsp3) is 0.182. The minimum Gasteiger partial charge on any atom is -0.494 e. The van der Waals surface area contributed by atoms with Crippen LogP contribution in [0.5, 0.6) is 17.2 Å². The first-order valence-electron chi connectivity index (χ1n) is 9.11. The topological polar surface area (TPSA) is 81.7 Å². The van der Waals surface area contributed by atoms with Gasteiger partial charge in [0.25, 0.3) is 5.91 Å². The second kappa shape index (κ2) is 9.45. The van der Waals surface area contributed by atoms with Gasteiger partial charge >= 0.3 is 0 Å². The molecule has 0 saturated heterocycles. The van der Waals surface area contributed by atoms with Gasteiger partial charge in [-0.25, -0.2) is 0 Å². The molecule has 0 aliphatic heterocycles. The largest absolute Gasteiger partial charge is 0.494 e. The Morgan fingerprint density at radius 2 is 1.62 bits per heavy atom. The van der Waals surface area contributed by atoms with Gasteiger partial charge in [0.1, 0.15) is 5.75 Å². The molecular weight excluding hydrogens is 370 g/mol. The number of nitrogens with zero attached hydrogens (tertiary/aromatic N) is 1. The van der Waals surface area contributed by atoms with Gasteiger partial charge in [-0.15, -0.1) is 0 Å². The lowest BCUT2D eigenvalue weighted by atomic mass is 10.2. The molecule has 1 aromatic heterocycles. The predicted octanol–water partition coefficient (Wildman–Crippen LogP) is 4.49. The average molecular weight is 393 g/mol. The van der Waals surface area contributed by atoms with Crippen LogP contribution in [0.1, 0.15) is 17.3 Å². The molecule has 2 aromatic carbocycles. The third kappa shape index (κ3) is 5.16. The molecule has 7 nitrogen and oxygen atoms in total. The fourth-order valence-corrected chi connectivity index (χ4v) is 2.72. The summed E-state index contributed by atoms with van der Waals surface area (Å²) in [5.74, 6) is 1.65. The minimum absolute atomic E-state index is 0.278. The molecule has 7 heteroatoms. The van der Waals surface area contributed by atoms with Gasteiger partial charge in [0, 0.05) is 23.6 Å². The minimum atomic E-state index is -0.278. The Morgan fingerprint density at radius 1 is 0.897 bits per heavy atom. The Hall–Kier alpha value is -3.74. The summed E-state index contributed by atoms with van der Waals surface area (Å²) in [4.78, 5) is 16.8. The van der Waals surface area contributed by atoms with Crippen LogP contribution < -0.4 is 24.8 Å². The zero-order valence-electron chi connectivity index (χ0n) is 16.6. The molecule has 3 aromatic rings. The van der Waals surface area contributed by atoms with E-state index in [1.807, 2.05) is 31.2 Å². The number of carbonyl (C=O) groups is 1. The summed E-state index contributed by atoms with van der Waals surface area (Å²) in [6.45, 7) is 2.56. The van der Waals surface area contributed by atoms with E-state index in [4.69, 9.17) is 14.2 Å². The maximum Gasteiger partial charge on any atom is 0.257 e. The first-order chi connectivity index (χ1) is 14.1. The third-order valence-electron chi connectivity index (χ3n) is 4.10. The van der Waals surface area contributed by atoms with Crippen LogP contribution in [0.25, 0.3) is 0 Å². The number of ether oxygens (including phenoxy) is 3. The molecule has 1 heterocycles. The van der Waals surface area contributed by atoms with Crippen molar-refractivity contribution in [2.45, 2.75) is 6.92 Å². The van der Waals surface area contributed by atoms with Crippen molar-refractivity contribution in [3.8, 4) is 17.2 Å². The van der Waals surface area contributed by atoms with Crippen LogP contribution in [0, 0.1) is 0 Å². The van der Waals surface area contributed by atoms with Crippen molar-refractivity contribution < 1.29 is 19.0 Å². The van der Waals surface area contributed by atoms with Crippen molar-refractivity contribution in [3.63, 3.8) is 0 Å². The second-order valence-corrected chi connectivity index (χ2v) is 6.07. The van der Waals surface area contributed by atoms with Crippen LogP contribution in [0.2, 0.25) is 0 Å².